The Bertz CT molecular complexity index is 920. The highest BCUT2D eigenvalue weighted by atomic mass is 16.5. The van der Waals surface area contributed by atoms with Gasteiger partial charge < -0.3 is 14.5 Å². The van der Waals surface area contributed by atoms with Crippen LogP contribution in [0.3, 0.4) is 0 Å². The molecule has 0 bridgehead atoms. The third-order valence-electron chi connectivity index (χ3n) is 10.9. The van der Waals surface area contributed by atoms with Gasteiger partial charge in [0.25, 0.3) is 0 Å². The molecule has 0 N–H and O–H groups in total. The number of rotatable bonds is 34. The van der Waals surface area contributed by atoms with Gasteiger partial charge >= 0.3 is 5.97 Å². The van der Waals surface area contributed by atoms with Gasteiger partial charge in [-0.05, 0) is 103 Å². The Morgan fingerprint density at radius 1 is 0.615 bits per heavy atom. The van der Waals surface area contributed by atoms with Gasteiger partial charge in [0.05, 0.1) is 7.11 Å². The maximum Gasteiger partial charge on any atom is 0.328 e. The van der Waals surface area contributed by atoms with Crippen LogP contribution in [0.5, 0.6) is 0 Å². The second-order valence-electron chi connectivity index (χ2n) is 15.8. The standard InChI is InChI=1S/C47H84N2O3/c1-6-8-10-12-14-16-18-20-22-24-26-28-30-32-34-36-38-43(40-46(50)49-42-44(48(3)4)41-45(49)47(51)52-5)39-37-35-33-31-29-27-25-23-21-19-17-15-13-11-9-7-2/h14-17,20-23,43-45H,6-13,18-19,24-42H2,1-5H3/t43?,44-,45-/m0/s1. The molecule has 1 rings (SSSR count). The lowest BCUT2D eigenvalue weighted by Crippen LogP contribution is -2.42. The van der Waals surface area contributed by atoms with E-state index >= 15 is 0 Å². The number of hydrogen-bond donors (Lipinski definition) is 0. The lowest BCUT2D eigenvalue weighted by molar-refractivity contribution is -0.151. The van der Waals surface area contributed by atoms with Gasteiger partial charge in [-0.3, -0.25) is 4.79 Å². The summed E-state index contributed by atoms with van der Waals surface area (Å²) in [6.45, 7) is 5.13. The van der Waals surface area contributed by atoms with Crippen LogP contribution in [0, 0.1) is 5.92 Å². The van der Waals surface area contributed by atoms with Crippen LogP contribution in [0.15, 0.2) is 48.6 Å². The van der Waals surface area contributed by atoms with Crippen LogP contribution in [0.1, 0.15) is 194 Å². The summed E-state index contributed by atoms with van der Waals surface area (Å²) in [5.74, 6) is 0.273. The van der Waals surface area contributed by atoms with E-state index in [1.807, 2.05) is 19.0 Å². The normalized spacial score (nSPS) is 17.2. The molecular weight excluding hydrogens is 641 g/mol. The molecule has 0 spiro atoms. The third-order valence-corrected chi connectivity index (χ3v) is 10.9. The summed E-state index contributed by atoms with van der Waals surface area (Å²) in [7, 11) is 5.51. The lowest BCUT2D eigenvalue weighted by Gasteiger charge is -2.26. The molecule has 0 aromatic carbocycles. The van der Waals surface area contributed by atoms with Crippen molar-refractivity contribution in [3.05, 3.63) is 48.6 Å². The van der Waals surface area contributed by atoms with Crippen LogP contribution in [-0.2, 0) is 14.3 Å². The number of allylic oxidation sites excluding steroid dienone is 8. The van der Waals surface area contributed by atoms with Gasteiger partial charge in [-0.2, -0.15) is 0 Å². The van der Waals surface area contributed by atoms with Crippen LogP contribution in [0.25, 0.3) is 0 Å². The number of esters is 1. The number of hydrogen-bond acceptors (Lipinski definition) is 4. The minimum Gasteiger partial charge on any atom is -0.467 e. The summed E-state index contributed by atoms with van der Waals surface area (Å²) < 4.78 is 5.11. The Morgan fingerprint density at radius 3 is 1.42 bits per heavy atom. The Labute approximate surface area is 323 Å². The average Bonchev–Trinajstić information content (AvgIpc) is 3.60. The van der Waals surface area contributed by atoms with Crippen molar-refractivity contribution < 1.29 is 14.3 Å². The molecule has 5 nitrogen and oxygen atoms in total. The Kier molecular flexibility index (Phi) is 31.9. The molecule has 300 valence electrons. The van der Waals surface area contributed by atoms with Crippen molar-refractivity contribution in [3.63, 3.8) is 0 Å². The predicted octanol–water partition coefficient (Wildman–Crippen LogP) is 13.1. The summed E-state index contributed by atoms with van der Waals surface area (Å²) in [5.41, 5.74) is 0. The largest absolute Gasteiger partial charge is 0.467 e. The van der Waals surface area contributed by atoms with E-state index in [0.29, 0.717) is 25.3 Å². The predicted molar refractivity (Wildman–Crippen MR) is 226 cm³/mol. The molecule has 1 fully saturated rings. The summed E-state index contributed by atoms with van der Waals surface area (Å²) in [6, 6.07) is -0.249. The molecule has 0 saturated carbocycles. The second kappa shape index (κ2) is 34.6. The molecule has 52 heavy (non-hydrogen) atoms. The molecule has 1 saturated heterocycles. The van der Waals surface area contributed by atoms with E-state index in [4.69, 9.17) is 4.74 Å². The van der Waals surface area contributed by atoms with E-state index in [1.54, 1.807) is 0 Å². The van der Waals surface area contributed by atoms with Gasteiger partial charge in [-0.15, -0.1) is 0 Å². The second-order valence-corrected chi connectivity index (χ2v) is 15.8. The molecule has 5 heteroatoms. The Balaban J connectivity index is 2.40. The molecule has 1 amide bonds. The molecule has 1 aliphatic rings. The van der Waals surface area contributed by atoms with Crippen molar-refractivity contribution in [1.29, 1.82) is 0 Å². The van der Waals surface area contributed by atoms with Gasteiger partial charge in [0, 0.05) is 19.0 Å². The first-order valence-electron chi connectivity index (χ1n) is 22.1. The molecule has 1 heterocycles. The summed E-state index contributed by atoms with van der Waals surface area (Å²) in [5, 5.41) is 0. The number of amides is 1. The van der Waals surface area contributed by atoms with Gasteiger partial charge in [0.2, 0.25) is 5.91 Å². The lowest BCUT2D eigenvalue weighted by atomic mass is 9.90. The van der Waals surface area contributed by atoms with Crippen molar-refractivity contribution in [2.24, 2.45) is 5.92 Å². The highest BCUT2D eigenvalue weighted by molar-refractivity contribution is 5.85. The zero-order chi connectivity index (χ0) is 37.9. The Morgan fingerprint density at radius 2 is 1.02 bits per heavy atom. The molecule has 0 aliphatic carbocycles. The van der Waals surface area contributed by atoms with Gasteiger partial charge in [0.1, 0.15) is 6.04 Å². The van der Waals surface area contributed by atoms with Crippen molar-refractivity contribution in [3.8, 4) is 0 Å². The highest BCUT2D eigenvalue weighted by Gasteiger charge is 2.41. The quantitative estimate of drug-likeness (QED) is 0.0377. The number of unbranched alkanes of at least 4 members (excludes halogenated alkanes) is 18. The van der Waals surface area contributed by atoms with E-state index < -0.39 is 6.04 Å². The number of carbonyl (C=O) groups excluding carboxylic acids is 2. The molecule has 0 aromatic rings. The van der Waals surface area contributed by atoms with E-state index in [-0.39, 0.29) is 17.9 Å². The Hall–Kier alpha value is -2.14. The van der Waals surface area contributed by atoms with Crippen molar-refractivity contribution >= 4 is 11.9 Å². The van der Waals surface area contributed by atoms with Crippen LogP contribution in [-0.4, -0.2) is 61.5 Å². The zero-order valence-electron chi connectivity index (χ0n) is 35.0. The number of likely N-dealkylation sites (tertiary alicyclic amines) is 1. The van der Waals surface area contributed by atoms with E-state index in [2.05, 4.69) is 67.4 Å². The first-order chi connectivity index (χ1) is 25.4. The van der Waals surface area contributed by atoms with Gasteiger partial charge in [-0.25, -0.2) is 4.79 Å². The summed E-state index contributed by atoms with van der Waals surface area (Å²) in [4.78, 5) is 30.3. The molecule has 0 aromatic heterocycles. The average molecular weight is 725 g/mol. The first kappa shape index (κ1) is 47.9. The number of methoxy groups -OCH3 is 1. The fourth-order valence-corrected chi connectivity index (χ4v) is 7.38. The molecule has 1 aliphatic heterocycles. The van der Waals surface area contributed by atoms with Crippen LogP contribution in [0.2, 0.25) is 0 Å². The smallest absolute Gasteiger partial charge is 0.328 e. The topological polar surface area (TPSA) is 49.9 Å². The van der Waals surface area contributed by atoms with Crippen molar-refractivity contribution in [2.75, 3.05) is 27.7 Å². The van der Waals surface area contributed by atoms with Crippen LogP contribution in [0.4, 0.5) is 0 Å². The van der Waals surface area contributed by atoms with Gasteiger partial charge in [-0.1, -0.05) is 152 Å². The molecule has 0 radical (unpaired) electrons. The van der Waals surface area contributed by atoms with Crippen LogP contribution >= 0.6 is 0 Å². The fraction of sp³-hybridized carbons (Fsp3) is 0.787. The van der Waals surface area contributed by atoms with E-state index in [0.717, 1.165) is 25.7 Å². The number of nitrogens with zero attached hydrogens (tertiary/aromatic N) is 2. The SMILES string of the molecule is CCCCCC=CCC=CCCCCCCCCC(CCCCCCCCC=CCC=CCCCCC)CC(=O)N1C[C@@H](N(C)C)C[C@H]1C(=O)OC. The van der Waals surface area contributed by atoms with Crippen molar-refractivity contribution in [2.45, 2.75) is 206 Å². The van der Waals surface area contributed by atoms with Crippen LogP contribution < -0.4 is 0 Å². The minimum atomic E-state index is -0.450. The number of carbonyl (C=O) groups is 2. The molecule has 0 unspecified atom stereocenters. The molecule has 2 atom stereocenters. The first-order valence-corrected chi connectivity index (χ1v) is 22.1. The highest BCUT2D eigenvalue weighted by Crippen LogP contribution is 2.28. The third kappa shape index (κ3) is 25.8. The van der Waals surface area contributed by atoms with E-state index in [1.165, 1.54) is 148 Å². The van der Waals surface area contributed by atoms with E-state index in [9.17, 15) is 9.59 Å². The number of ether oxygens (including phenoxy) is 1. The zero-order valence-corrected chi connectivity index (χ0v) is 35.0. The maximum atomic E-state index is 13.7. The minimum absolute atomic E-state index is 0.143. The van der Waals surface area contributed by atoms with Gasteiger partial charge in [0.15, 0.2) is 0 Å². The van der Waals surface area contributed by atoms with Crippen molar-refractivity contribution in [1.82, 2.24) is 9.80 Å². The monoisotopic (exact) mass is 725 g/mol. The summed E-state index contributed by atoms with van der Waals surface area (Å²) in [6.07, 6.45) is 52.3. The molecular formula is C47H84N2O3. The fourth-order valence-electron chi connectivity index (χ4n) is 7.38. The number of likely N-dealkylation sites (N-methyl/N-ethyl adjacent to an activating group) is 1. The summed E-state index contributed by atoms with van der Waals surface area (Å²) >= 11 is 0. The maximum absolute atomic E-state index is 13.7.